The second-order valence-corrected chi connectivity index (χ2v) is 4.25. The zero-order valence-electron chi connectivity index (χ0n) is 10.9. The molecule has 0 aliphatic heterocycles. The van der Waals surface area contributed by atoms with Crippen LogP contribution in [0.25, 0.3) is 0 Å². The van der Waals surface area contributed by atoms with Gasteiger partial charge in [0.05, 0.1) is 0 Å². The number of nitrogens with zero attached hydrogens (tertiary/aromatic N) is 2. The van der Waals surface area contributed by atoms with E-state index in [1.165, 1.54) is 18.4 Å². The fourth-order valence-electron chi connectivity index (χ4n) is 1.87. The van der Waals surface area contributed by atoms with E-state index in [0.717, 1.165) is 36.6 Å². The van der Waals surface area contributed by atoms with Crippen molar-refractivity contribution in [2.45, 2.75) is 46.5 Å². The Morgan fingerprint density at radius 2 is 1.69 bits per heavy atom. The third-order valence-electron chi connectivity index (χ3n) is 2.85. The third-order valence-corrected chi connectivity index (χ3v) is 2.85. The summed E-state index contributed by atoms with van der Waals surface area (Å²) in [5.41, 5.74) is 3.59. The number of hydrogen-bond acceptors (Lipinski definition) is 3. The van der Waals surface area contributed by atoms with Gasteiger partial charge in [-0.05, 0) is 45.8 Å². The Hall–Kier alpha value is -0.960. The average molecular weight is 221 g/mol. The lowest BCUT2D eigenvalue weighted by atomic mass is 10.1. The molecule has 0 aromatic carbocycles. The normalized spacial score (nSPS) is 10.8. The maximum Gasteiger partial charge on any atom is 0.128 e. The second kappa shape index (κ2) is 6.59. The van der Waals surface area contributed by atoms with Gasteiger partial charge in [-0.1, -0.05) is 13.3 Å². The first kappa shape index (κ1) is 13.1. The summed E-state index contributed by atoms with van der Waals surface area (Å²) in [4.78, 5) is 9.17. The molecule has 1 aromatic rings. The van der Waals surface area contributed by atoms with Gasteiger partial charge in [-0.3, -0.25) is 0 Å². The zero-order valence-corrected chi connectivity index (χ0v) is 10.9. The molecule has 3 nitrogen and oxygen atoms in total. The minimum absolute atomic E-state index is 0.985. The quantitative estimate of drug-likeness (QED) is 0.800. The van der Waals surface area contributed by atoms with Gasteiger partial charge < -0.3 is 5.32 Å². The molecule has 0 atom stereocenters. The summed E-state index contributed by atoms with van der Waals surface area (Å²) in [7, 11) is 1.97. The molecule has 0 unspecified atom stereocenters. The van der Waals surface area contributed by atoms with Crippen LogP contribution in [0.3, 0.4) is 0 Å². The van der Waals surface area contributed by atoms with Crippen LogP contribution in [0.5, 0.6) is 0 Å². The molecule has 3 heteroatoms. The number of likely N-dealkylation sites (N-methyl/N-ethyl adjacent to an activating group) is 1. The second-order valence-electron chi connectivity index (χ2n) is 4.25. The predicted molar refractivity (Wildman–Crippen MR) is 67.7 cm³/mol. The molecule has 16 heavy (non-hydrogen) atoms. The molecule has 0 bridgehead atoms. The van der Waals surface area contributed by atoms with E-state index < -0.39 is 0 Å². The van der Waals surface area contributed by atoms with Crippen molar-refractivity contribution in [2.24, 2.45) is 0 Å². The first-order valence-corrected chi connectivity index (χ1v) is 6.16. The van der Waals surface area contributed by atoms with Crippen LogP contribution in [0.1, 0.15) is 42.5 Å². The van der Waals surface area contributed by atoms with E-state index in [2.05, 4.69) is 36.1 Å². The summed E-state index contributed by atoms with van der Waals surface area (Å²) in [5.74, 6) is 1.00. The van der Waals surface area contributed by atoms with Gasteiger partial charge in [-0.2, -0.15) is 0 Å². The van der Waals surface area contributed by atoms with Crippen LogP contribution in [0.2, 0.25) is 0 Å². The smallest absolute Gasteiger partial charge is 0.128 e. The number of hydrogen-bond donors (Lipinski definition) is 1. The molecule has 0 saturated carbocycles. The number of aromatic nitrogens is 2. The highest BCUT2D eigenvalue weighted by atomic mass is 14.9. The maximum atomic E-state index is 4.59. The molecule has 1 aromatic heterocycles. The van der Waals surface area contributed by atoms with Crippen LogP contribution in [-0.4, -0.2) is 23.6 Å². The van der Waals surface area contributed by atoms with Crippen molar-refractivity contribution in [1.29, 1.82) is 0 Å². The first-order chi connectivity index (χ1) is 7.69. The van der Waals surface area contributed by atoms with E-state index in [1.54, 1.807) is 0 Å². The molecule has 1 rings (SSSR count). The van der Waals surface area contributed by atoms with Gasteiger partial charge in [0.25, 0.3) is 0 Å². The van der Waals surface area contributed by atoms with Crippen LogP contribution in [-0.2, 0) is 12.8 Å². The first-order valence-electron chi connectivity index (χ1n) is 6.16. The van der Waals surface area contributed by atoms with Crippen molar-refractivity contribution in [3.8, 4) is 0 Å². The summed E-state index contributed by atoms with van der Waals surface area (Å²) < 4.78 is 0. The number of unbranched alkanes of at least 4 members (excludes halogenated alkanes) is 1. The standard InChI is InChI=1S/C13H23N3/c1-5-6-7-13-15-10(2)12(8-9-14-4)11(3)16-13/h14H,5-9H2,1-4H3. The minimum atomic E-state index is 0.985. The average Bonchev–Trinajstić information content (AvgIpc) is 2.25. The van der Waals surface area contributed by atoms with Gasteiger partial charge in [-0.25, -0.2) is 9.97 Å². The van der Waals surface area contributed by atoms with E-state index in [4.69, 9.17) is 0 Å². The highest BCUT2D eigenvalue weighted by molar-refractivity contribution is 5.24. The maximum absolute atomic E-state index is 4.59. The highest BCUT2D eigenvalue weighted by Gasteiger charge is 2.07. The van der Waals surface area contributed by atoms with Gasteiger partial charge in [-0.15, -0.1) is 0 Å². The monoisotopic (exact) mass is 221 g/mol. The lowest BCUT2D eigenvalue weighted by Crippen LogP contribution is -2.14. The van der Waals surface area contributed by atoms with E-state index in [9.17, 15) is 0 Å². The van der Waals surface area contributed by atoms with Crippen LogP contribution >= 0.6 is 0 Å². The van der Waals surface area contributed by atoms with Crippen LogP contribution in [0, 0.1) is 13.8 Å². The molecule has 0 aliphatic carbocycles. The largest absolute Gasteiger partial charge is 0.319 e. The van der Waals surface area contributed by atoms with Crippen molar-refractivity contribution in [3.63, 3.8) is 0 Å². The predicted octanol–water partition coefficient (Wildman–Crippen LogP) is 2.20. The van der Waals surface area contributed by atoms with Gasteiger partial charge in [0.15, 0.2) is 0 Å². The molecule has 1 heterocycles. The fraction of sp³-hybridized carbons (Fsp3) is 0.692. The van der Waals surface area contributed by atoms with Crippen molar-refractivity contribution in [3.05, 3.63) is 22.8 Å². The number of rotatable bonds is 6. The Kier molecular flexibility index (Phi) is 5.39. The van der Waals surface area contributed by atoms with E-state index >= 15 is 0 Å². The summed E-state index contributed by atoms with van der Waals surface area (Å²) in [6, 6.07) is 0. The van der Waals surface area contributed by atoms with Gasteiger partial charge in [0.2, 0.25) is 0 Å². The molecule has 0 aliphatic rings. The Bertz CT molecular complexity index is 311. The number of aryl methyl sites for hydroxylation is 3. The van der Waals surface area contributed by atoms with Crippen molar-refractivity contribution in [2.75, 3.05) is 13.6 Å². The van der Waals surface area contributed by atoms with Crippen molar-refractivity contribution < 1.29 is 0 Å². The van der Waals surface area contributed by atoms with Crippen LogP contribution < -0.4 is 5.32 Å². The minimum Gasteiger partial charge on any atom is -0.319 e. The van der Waals surface area contributed by atoms with E-state index in [0.29, 0.717) is 0 Å². The number of nitrogens with one attached hydrogen (secondary N) is 1. The van der Waals surface area contributed by atoms with Gasteiger partial charge in [0, 0.05) is 17.8 Å². The summed E-state index contributed by atoms with van der Waals surface area (Å²) in [6.45, 7) is 7.37. The molecule has 90 valence electrons. The summed E-state index contributed by atoms with van der Waals surface area (Å²) in [6.07, 6.45) is 4.39. The molecule has 0 saturated heterocycles. The Morgan fingerprint density at radius 1 is 1.06 bits per heavy atom. The Labute approximate surface area is 98.7 Å². The molecule has 0 amide bonds. The molecule has 1 N–H and O–H groups in total. The molecular formula is C13H23N3. The van der Waals surface area contributed by atoms with Crippen LogP contribution in [0.15, 0.2) is 0 Å². The zero-order chi connectivity index (χ0) is 12.0. The van der Waals surface area contributed by atoms with Gasteiger partial charge in [0.1, 0.15) is 5.82 Å². The molecule has 0 radical (unpaired) electrons. The summed E-state index contributed by atoms with van der Waals surface area (Å²) in [5, 5.41) is 3.16. The van der Waals surface area contributed by atoms with Crippen molar-refractivity contribution in [1.82, 2.24) is 15.3 Å². The molecule has 0 spiro atoms. The molecular weight excluding hydrogens is 198 g/mol. The topological polar surface area (TPSA) is 37.8 Å². The lowest BCUT2D eigenvalue weighted by Gasteiger charge is -2.10. The van der Waals surface area contributed by atoms with E-state index in [1.807, 2.05) is 7.05 Å². The van der Waals surface area contributed by atoms with Crippen LogP contribution in [0.4, 0.5) is 0 Å². The highest BCUT2D eigenvalue weighted by Crippen LogP contribution is 2.11. The Morgan fingerprint density at radius 3 is 2.19 bits per heavy atom. The third kappa shape index (κ3) is 3.56. The van der Waals surface area contributed by atoms with Gasteiger partial charge >= 0.3 is 0 Å². The SMILES string of the molecule is CCCCc1nc(C)c(CCNC)c(C)n1. The van der Waals surface area contributed by atoms with E-state index in [-0.39, 0.29) is 0 Å². The Balaban J connectivity index is 2.80. The fourth-order valence-corrected chi connectivity index (χ4v) is 1.87. The van der Waals surface area contributed by atoms with Crippen molar-refractivity contribution >= 4 is 0 Å². The lowest BCUT2D eigenvalue weighted by molar-refractivity contribution is 0.726. The summed E-state index contributed by atoms with van der Waals surface area (Å²) >= 11 is 0. The molecule has 0 fully saturated rings.